The molecule has 2 heterocycles. The van der Waals surface area contributed by atoms with E-state index in [1.165, 1.54) is 17.1 Å². The van der Waals surface area contributed by atoms with E-state index in [1.807, 2.05) is 12.4 Å². The molecule has 98 valence electrons. The summed E-state index contributed by atoms with van der Waals surface area (Å²) in [4.78, 5) is 8.87. The maximum absolute atomic E-state index is 4.10. The first-order valence-corrected chi connectivity index (χ1v) is 6.61. The Morgan fingerprint density at radius 2 is 1.58 bits per heavy atom. The molecule has 0 spiro atoms. The predicted molar refractivity (Wildman–Crippen MR) is 79.9 cm³/mol. The van der Waals surface area contributed by atoms with Gasteiger partial charge < -0.3 is 9.80 Å². The Labute approximate surface area is 114 Å². The first-order chi connectivity index (χ1) is 9.07. The van der Waals surface area contributed by atoms with E-state index in [-0.39, 0.29) is 5.54 Å². The SMILES string of the molecule is CC(C)(C)N1CN(c2ccncc2)c2ccccc21. The molecule has 3 heteroatoms. The van der Waals surface area contributed by atoms with Crippen molar-refractivity contribution in [3.8, 4) is 0 Å². The highest BCUT2D eigenvalue weighted by Crippen LogP contribution is 2.42. The standard InChI is InChI=1S/C16H19N3/c1-16(2,3)19-12-18(13-8-10-17-11-9-13)14-6-4-5-7-15(14)19/h4-11H,12H2,1-3H3. The molecule has 0 radical (unpaired) electrons. The minimum Gasteiger partial charge on any atom is -0.347 e. The van der Waals surface area contributed by atoms with E-state index in [2.05, 4.69) is 72.0 Å². The molecule has 1 aromatic carbocycles. The monoisotopic (exact) mass is 253 g/mol. The van der Waals surface area contributed by atoms with E-state index < -0.39 is 0 Å². The number of hydrogen-bond donors (Lipinski definition) is 0. The van der Waals surface area contributed by atoms with Crippen molar-refractivity contribution in [1.29, 1.82) is 0 Å². The van der Waals surface area contributed by atoms with Crippen molar-refractivity contribution in [2.24, 2.45) is 0 Å². The molecule has 0 unspecified atom stereocenters. The van der Waals surface area contributed by atoms with E-state index >= 15 is 0 Å². The molecule has 0 N–H and O–H groups in total. The fourth-order valence-electron chi connectivity index (χ4n) is 2.53. The number of fused-ring (bicyclic) bond motifs is 1. The maximum Gasteiger partial charge on any atom is 0.0958 e. The number of hydrogen-bond acceptors (Lipinski definition) is 3. The molecule has 0 fully saturated rings. The lowest BCUT2D eigenvalue weighted by Crippen LogP contribution is -2.42. The number of anilines is 3. The van der Waals surface area contributed by atoms with E-state index in [0.29, 0.717) is 0 Å². The van der Waals surface area contributed by atoms with Crippen LogP contribution in [0.2, 0.25) is 0 Å². The van der Waals surface area contributed by atoms with Crippen LogP contribution in [0.25, 0.3) is 0 Å². The zero-order valence-electron chi connectivity index (χ0n) is 11.7. The summed E-state index contributed by atoms with van der Waals surface area (Å²) >= 11 is 0. The van der Waals surface area contributed by atoms with Crippen LogP contribution in [0.4, 0.5) is 17.1 Å². The first kappa shape index (κ1) is 12.0. The second-order valence-electron chi connectivity index (χ2n) is 5.86. The fraction of sp³-hybridized carbons (Fsp3) is 0.312. The Morgan fingerprint density at radius 1 is 0.947 bits per heavy atom. The summed E-state index contributed by atoms with van der Waals surface area (Å²) in [6.07, 6.45) is 3.69. The molecule has 0 atom stereocenters. The van der Waals surface area contributed by atoms with Crippen LogP contribution in [0.15, 0.2) is 48.8 Å². The predicted octanol–water partition coefficient (Wildman–Crippen LogP) is 3.80. The van der Waals surface area contributed by atoms with Crippen molar-refractivity contribution in [1.82, 2.24) is 4.98 Å². The molecule has 0 aliphatic carbocycles. The number of benzene rings is 1. The summed E-state index contributed by atoms with van der Waals surface area (Å²) in [7, 11) is 0. The molecular formula is C16H19N3. The topological polar surface area (TPSA) is 19.4 Å². The average molecular weight is 253 g/mol. The van der Waals surface area contributed by atoms with E-state index in [9.17, 15) is 0 Å². The molecular weight excluding hydrogens is 234 g/mol. The number of para-hydroxylation sites is 2. The van der Waals surface area contributed by atoms with Crippen molar-refractivity contribution >= 4 is 17.1 Å². The molecule has 0 saturated heterocycles. The Kier molecular flexibility index (Phi) is 2.70. The highest BCUT2D eigenvalue weighted by Gasteiger charge is 2.33. The van der Waals surface area contributed by atoms with Crippen molar-refractivity contribution in [3.05, 3.63) is 48.8 Å². The summed E-state index contributed by atoms with van der Waals surface area (Å²) in [6, 6.07) is 12.7. The van der Waals surface area contributed by atoms with Gasteiger partial charge in [-0.1, -0.05) is 12.1 Å². The van der Waals surface area contributed by atoms with Crippen molar-refractivity contribution in [3.63, 3.8) is 0 Å². The highest BCUT2D eigenvalue weighted by molar-refractivity contribution is 5.82. The second kappa shape index (κ2) is 4.26. The van der Waals surface area contributed by atoms with E-state index in [1.54, 1.807) is 0 Å². The summed E-state index contributed by atoms with van der Waals surface area (Å²) in [5.41, 5.74) is 3.86. The van der Waals surface area contributed by atoms with Gasteiger partial charge in [0.1, 0.15) is 0 Å². The lowest BCUT2D eigenvalue weighted by molar-refractivity contribution is 0.518. The minimum atomic E-state index is 0.109. The van der Waals surface area contributed by atoms with Gasteiger partial charge in [-0.05, 0) is 45.0 Å². The smallest absolute Gasteiger partial charge is 0.0958 e. The number of nitrogens with zero attached hydrogens (tertiary/aromatic N) is 3. The molecule has 0 bridgehead atoms. The molecule has 19 heavy (non-hydrogen) atoms. The third-order valence-corrected chi connectivity index (χ3v) is 3.53. The Balaban J connectivity index is 2.07. The van der Waals surface area contributed by atoms with Crippen LogP contribution in [0.3, 0.4) is 0 Å². The van der Waals surface area contributed by atoms with E-state index in [4.69, 9.17) is 0 Å². The lowest BCUT2D eigenvalue weighted by atomic mass is 10.1. The molecule has 0 amide bonds. The van der Waals surface area contributed by atoms with Gasteiger partial charge in [-0.15, -0.1) is 0 Å². The van der Waals surface area contributed by atoms with Crippen LogP contribution >= 0.6 is 0 Å². The zero-order chi connectivity index (χ0) is 13.5. The van der Waals surface area contributed by atoms with E-state index in [0.717, 1.165) is 6.67 Å². The molecule has 1 aliphatic heterocycles. The van der Waals surface area contributed by atoms with Crippen LogP contribution in [-0.4, -0.2) is 17.2 Å². The minimum absolute atomic E-state index is 0.109. The number of aromatic nitrogens is 1. The van der Waals surface area contributed by atoms with Crippen molar-refractivity contribution in [2.45, 2.75) is 26.3 Å². The largest absolute Gasteiger partial charge is 0.347 e. The summed E-state index contributed by atoms with van der Waals surface area (Å²) < 4.78 is 0. The molecule has 1 aromatic heterocycles. The van der Waals surface area contributed by atoms with Crippen LogP contribution < -0.4 is 9.80 Å². The third kappa shape index (κ3) is 2.05. The number of rotatable bonds is 1. The fourth-order valence-corrected chi connectivity index (χ4v) is 2.53. The maximum atomic E-state index is 4.10. The van der Waals surface area contributed by atoms with Crippen molar-refractivity contribution in [2.75, 3.05) is 16.5 Å². The van der Waals surface area contributed by atoms with Gasteiger partial charge in [0.25, 0.3) is 0 Å². The van der Waals surface area contributed by atoms with Gasteiger partial charge in [0.05, 0.1) is 18.0 Å². The lowest BCUT2D eigenvalue weighted by Gasteiger charge is -2.34. The van der Waals surface area contributed by atoms with Crippen LogP contribution in [-0.2, 0) is 0 Å². The quantitative estimate of drug-likeness (QED) is 0.770. The number of pyridine rings is 1. The van der Waals surface area contributed by atoms with Gasteiger partial charge in [0.15, 0.2) is 0 Å². The van der Waals surface area contributed by atoms with Crippen LogP contribution in [0.5, 0.6) is 0 Å². The average Bonchev–Trinajstić information content (AvgIpc) is 2.79. The first-order valence-electron chi connectivity index (χ1n) is 6.61. The third-order valence-electron chi connectivity index (χ3n) is 3.53. The van der Waals surface area contributed by atoms with Gasteiger partial charge in [0.2, 0.25) is 0 Å². The molecule has 1 aliphatic rings. The van der Waals surface area contributed by atoms with Crippen LogP contribution in [0.1, 0.15) is 20.8 Å². The van der Waals surface area contributed by atoms with Crippen LogP contribution in [0, 0.1) is 0 Å². The normalized spacial score (nSPS) is 14.7. The zero-order valence-corrected chi connectivity index (χ0v) is 11.7. The second-order valence-corrected chi connectivity index (χ2v) is 5.86. The molecule has 0 saturated carbocycles. The molecule has 3 rings (SSSR count). The Bertz CT molecular complexity index is 572. The molecule has 2 aromatic rings. The van der Waals surface area contributed by atoms with Gasteiger partial charge in [-0.2, -0.15) is 0 Å². The van der Waals surface area contributed by atoms with Gasteiger partial charge in [-0.25, -0.2) is 0 Å². The Morgan fingerprint density at radius 3 is 2.21 bits per heavy atom. The summed E-state index contributed by atoms with van der Waals surface area (Å²) in [5, 5.41) is 0. The van der Waals surface area contributed by atoms with Gasteiger partial charge in [-0.3, -0.25) is 4.98 Å². The van der Waals surface area contributed by atoms with Gasteiger partial charge >= 0.3 is 0 Å². The highest BCUT2D eigenvalue weighted by atomic mass is 15.4. The summed E-state index contributed by atoms with van der Waals surface area (Å²) in [6.45, 7) is 7.63. The van der Waals surface area contributed by atoms with Crippen molar-refractivity contribution < 1.29 is 0 Å². The molecule has 3 nitrogen and oxygen atoms in total. The Hall–Kier alpha value is -2.03. The van der Waals surface area contributed by atoms with Gasteiger partial charge in [0, 0.05) is 23.6 Å². The summed E-state index contributed by atoms with van der Waals surface area (Å²) in [5.74, 6) is 0.